The maximum atomic E-state index is 9.72. The second-order valence-electron chi connectivity index (χ2n) is 3.92. The minimum absolute atomic E-state index is 0.569. The van der Waals surface area contributed by atoms with Crippen LogP contribution >= 0.6 is 31.9 Å². The smallest absolute Gasteiger partial charge is 0.134 e. The van der Waals surface area contributed by atoms with Crippen LogP contribution in [0, 0.1) is 0 Å². The van der Waals surface area contributed by atoms with Crippen molar-refractivity contribution in [2.24, 2.45) is 0 Å². The number of aliphatic hydroxyl groups is 1. The Kier molecular flexibility index (Phi) is 4.43. The van der Waals surface area contributed by atoms with Crippen molar-refractivity contribution in [3.05, 3.63) is 57.0 Å². The van der Waals surface area contributed by atoms with Crippen LogP contribution in [-0.2, 0) is 0 Å². The number of hydrogen-bond donors (Lipinski definition) is 1. The standard InChI is InChI=1S/C14H12Br2O2/c1-9(17)13-6-5-11(16)8-14(13)18-12-4-2-3-10(15)7-12/h2-9,17H,1H3. The van der Waals surface area contributed by atoms with Crippen LogP contribution in [0.1, 0.15) is 18.6 Å². The summed E-state index contributed by atoms with van der Waals surface area (Å²) in [4.78, 5) is 0. The van der Waals surface area contributed by atoms with E-state index in [0.717, 1.165) is 20.3 Å². The van der Waals surface area contributed by atoms with Gasteiger partial charge in [0.25, 0.3) is 0 Å². The normalized spacial score (nSPS) is 12.2. The largest absolute Gasteiger partial charge is 0.457 e. The fourth-order valence-electron chi connectivity index (χ4n) is 1.60. The van der Waals surface area contributed by atoms with E-state index in [9.17, 15) is 5.11 Å². The first-order valence-corrected chi connectivity index (χ1v) is 7.06. The first-order chi connectivity index (χ1) is 8.56. The molecule has 0 amide bonds. The van der Waals surface area contributed by atoms with E-state index in [1.165, 1.54) is 0 Å². The van der Waals surface area contributed by atoms with Crippen molar-refractivity contribution in [2.45, 2.75) is 13.0 Å². The lowest BCUT2D eigenvalue weighted by Crippen LogP contribution is -1.96. The molecule has 0 aromatic heterocycles. The first kappa shape index (κ1) is 13.6. The van der Waals surface area contributed by atoms with Gasteiger partial charge in [-0.1, -0.05) is 44.0 Å². The molecule has 1 N–H and O–H groups in total. The van der Waals surface area contributed by atoms with Crippen LogP contribution in [0.3, 0.4) is 0 Å². The van der Waals surface area contributed by atoms with Gasteiger partial charge >= 0.3 is 0 Å². The van der Waals surface area contributed by atoms with Crippen molar-refractivity contribution in [3.63, 3.8) is 0 Å². The minimum atomic E-state index is -0.569. The van der Waals surface area contributed by atoms with Crippen LogP contribution in [0.15, 0.2) is 51.4 Å². The van der Waals surface area contributed by atoms with Crippen molar-refractivity contribution >= 4 is 31.9 Å². The Bertz CT molecular complexity index is 553. The van der Waals surface area contributed by atoms with Gasteiger partial charge in [-0.05, 0) is 37.3 Å². The summed E-state index contributed by atoms with van der Waals surface area (Å²) in [6.07, 6.45) is -0.569. The number of ether oxygens (including phenoxy) is 1. The Morgan fingerprint density at radius 3 is 2.44 bits per heavy atom. The lowest BCUT2D eigenvalue weighted by Gasteiger charge is -2.13. The summed E-state index contributed by atoms with van der Waals surface area (Å²) in [7, 11) is 0. The summed E-state index contributed by atoms with van der Waals surface area (Å²) in [6, 6.07) is 13.2. The van der Waals surface area contributed by atoms with Gasteiger partial charge < -0.3 is 9.84 Å². The molecule has 0 spiro atoms. The molecule has 2 nitrogen and oxygen atoms in total. The van der Waals surface area contributed by atoms with Crippen LogP contribution in [-0.4, -0.2) is 5.11 Å². The molecule has 2 rings (SSSR count). The van der Waals surface area contributed by atoms with E-state index in [4.69, 9.17) is 4.74 Å². The second-order valence-corrected chi connectivity index (χ2v) is 5.75. The Balaban J connectivity index is 2.36. The maximum absolute atomic E-state index is 9.72. The maximum Gasteiger partial charge on any atom is 0.134 e. The molecule has 18 heavy (non-hydrogen) atoms. The molecule has 0 aliphatic rings. The highest BCUT2D eigenvalue weighted by Crippen LogP contribution is 2.33. The molecule has 0 aliphatic carbocycles. The molecule has 0 bridgehead atoms. The molecule has 0 saturated heterocycles. The van der Waals surface area contributed by atoms with Gasteiger partial charge in [0.05, 0.1) is 6.10 Å². The fraction of sp³-hybridized carbons (Fsp3) is 0.143. The molecule has 0 radical (unpaired) electrons. The third kappa shape index (κ3) is 3.34. The van der Waals surface area contributed by atoms with Crippen LogP contribution in [0.25, 0.3) is 0 Å². The van der Waals surface area contributed by atoms with E-state index in [1.54, 1.807) is 6.92 Å². The summed E-state index contributed by atoms with van der Waals surface area (Å²) in [5.41, 5.74) is 0.762. The Labute approximate surface area is 123 Å². The summed E-state index contributed by atoms with van der Waals surface area (Å²) >= 11 is 6.80. The fourth-order valence-corrected chi connectivity index (χ4v) is 2.32. The molecule has 0 heterocycles. The highest BCUT2D eigenvalue weighted by Gasteiger charge is 2.10. The van der Waals surface area contributed by atoms with Crippen molar-refractivity contribution in [1.82, 2.24) is 0 Å². The van der Waals surface area contributed by atoms with E-state index in [2.05, 4.69) is 31.9 Å². The minimum Gasteiger partial charge on any atom is -0.457 e. The number of hydrogen-bond acceptors (Lipinski definition) is 2. The molecule has 2 aromatic carbocycles. The van der Waals surface area contributed by atoms with Gasteiger partial charge in [0.15, 0.2) is 0 Å². The average molecular weight is 372 g/mol. The second kappa shape index (κ2) is 5.87. The zero-order chi connectivity index (χ0) is 13.1. The monoisotopic (exact) mass is 370 g/mol. The molecule has 0 saturated carbocycles. The van der Waals surface area contributed by atoms with Crippen LogP contribution < -0.4 is 4.74 Å². The Morgan fingerprint density at radius 1 is 1.06 bits per heavy atom. The molecule has 4 heteroatoms. The summed E-state index contributed by atoms with van der Waals surface area (Å²) in [5, 5.41) is 9.72. The van der Waals surface area contributed by atoms with Crippen LogP contribution in [0.2, 0.25) is 0 Å². The zero-order valence-electron chi connectivity index (χ0n) is 9.73. The van der Waals surface area contributed by atoms with Crippen molar-refractivity contribution in [1.29, 1.82) is 0 Å². The van der Waals surface area contributed by atoms with E-state index in [1.807, 2.05) is 42.5 Å². The molecular weight excluding hydrogens is 360 g/mol. The Morgan fingerprint density at radius 2 is 1.78 bits per heavy atom. The SMILES string of the molecule is CC(O)c1ccc(Br)cc1Oc1cccc(Br)c1. The highest BCUT2D eigenvalue weighted by molar-refractivity contribution is 9.10. The van der Waals surface area contributed by atoms with Crippen molar-refractivity contribution < 1.29 is 9.84 Å². The summed E-state index contributed by atoms with van der Waals surface area (Å²) in [6.45, 7) is 1.72. The molecule has 0 aliphatic heterocycles. The molecule has 1 atom stereocenters. The molecule has 1 unspecified atom stereocenters. The number of halogens is 2. The number of benzene rings is 2. The van der Waals surface area contributed by atoms with Gasteiger partial charge in [0, 0.05) is 14.5 Å². The summed E-state index contributed by atoms with van der Waals surface area (Å²) in [5.74, 6) is 1.38. The van der Waals surface area contributed by atoms with Crippen molar-refractivity contribution in [3.8, 4) is 11.5 Å². The molecular formula is C14H12Br2O2. The zero-order valence-corrected chi connectivity index (χ0v) is 12.9. The Hall–Kier alpha value is -0.840. The van der Waals surface area contributed by atoms with E-state index < -0.39 is 6.10 Å². The van der Waals surface area contributed by atoms with E-state index >= 15 is 0 Å². The number of aliphatic hydroxyl groups excluding tert-OH is 1. The van der Waals surface area contributed by atoms with Gasteiger partial charge in [-0.2, -0.15) is 0 Å². The van der Waals surface area contributed by atoms with Gasteiger partial charge in [-0.3, -0.25) is 0 Å². The van der Waals surface area contributed by atoms with Gasteiger partial charge in [0.1, 0.15) is 11.5 Å². The van der Waals surface area contributed by atoms with E-state index in [-0.39, 0.29) is 0 Å². The lowest BCUT2D eigenvalue weighted by atomic mass is 10.1. The van der Waals surface area contributed by atoms with Crippen LogP contribution in [0.4, 0.5) is 0 Å². The topological polar surface area (TPSA) is 29.5 Å². The lowest BCUT2D eigenvalue weighted by molar-refractivity contribution is 0.195. The molecule has 2 aromatic rings. The molecule has 0 fully saturated rings. The third-order valence-electron chi connectivity index (χ3n) is 2.45. The molecule has 94 valence electrons. The third-order valence-corrected chi connectivity index (χ3v) is 3.44. The quantitative estimate of drug-likeness (QED) is 0.817. The first-order valence-electron chi connectivity index (χ1n) is 5.47. The van der Waals surface area contributed by atoms with Crippen molar-refractivity contribution in [2.75, 3.05) is 0 Å². The predicted molar refractivity (Wildman–Crippen MR) is 79.0 cm³/mol. The van der Waals surface area contributed by atoms with Gasteiger partial charge in [0.2, 0.25) is 0 Å². The van der Waals surface area contributed by atoms with Gasteiger partial charge in [-0.25, -0.2) is 0 Å². The highest BCUT2D eigenvalue weighted by atomic mass is 79.9. The summed E-state index contributed by atoms with van der Waals surface area (Å²) < 4.78 is 7.68. The van der Waals surface area contributed by atoms with Gasteiger partial charge in [-0.15, -0.1) is 0 Å². The average Bonchev–Trinajstić information content (AvgIpc) is 2.28. The number of rotatable bonds is 3. The predicted octanol–water partition coefficient (Wildman–Crippen LogP) is 5.06. The van der Waals surface area contributed by atoms with E-state index in [0.29, 0.717) is 5.75 Å². The van der Waals surface area contributed by atoms with Crippen LogP contribution in [0.5, 0.6) is 11.5 Å².